The number of benzene rings is 1. The van der Waals surface area contributed by atoms with Gasteiger partial charge in [-0.05, 0) is 57.8 Å². The van der Waals surface area contributed by atoms with Gasteiger partial charge in [-0.25, -0.2) is 18.2 Å². The highest BCUT2D eigenvalue weighted by Crippen LogP contribution is 2.31. The third kappa shape index (κ3) is 6.95. The van der Waals surface area contributed by atoms with Crippen molar-refractivity contribution in [3.63, 3.8) is 0 Å². The second-order valence-corrected chi connectivity index (χ2v) is 11.2. The van der Waals surface area contributed by atoms with Gasteiger partial charge in [0, 0.05) is 38.3 Å². The molecule has 1 aliphatic carbocycles. The number of likely N-dealkylation sites (N-methyl/N-ethyl adjacent to an activating group) is 1. The molecule has 2 aliphatic rings. The van der Waals surface area contributed by atoms with Gasteiger partial charge in [0.2, 0.25) is 11.9 Å². The van der Waals surface area contributed by atoms with Crippen LogP contribution in [0.4, 0.5) is 24.9 Å². The van der Waals surface area contributed by atoms with E-state index in [-0.39, 0.29) is 30.9 Å². The van der Waals surface area contributed by atoms with E-state index in [1.54, 1.807) is 40.1 Å². The largest absolute Gasteiger partial charge is 0.378 e. The Balaban J connectivity index is 1.34. The highest BCUT2D eigenvalue weighted by Gasteiger charge is 2.29. The number of carbonyl (C=O) groups is 1. The van der Waals surface area contributed by atoms with Gasteiger partial charge in [0.15, 0.2) is 5.82 Å². The Morgan fingerprint density at radius 1 is 1.07 bits per heavy atom. The highest BCUT2D eigenvalue weighted by molar-refractivity contribution is 5.79. The van der Waals surface area contributed by atoms with Gasteiger partial charge in [-0.1, -0.05) is 12.1 Å². The predicted octanol–water partition coefficient (Wildman–Crippen LogP) is 3.92. The fourth-order valence-electron chi connectivity index (χ4n) is 5.86. The number of amides is 1. The summed E-state index contributed by atoms with van der Waals surface area (Å²) >= 11 is 0. The predicted molar refractivity (Wildman–Crippen MR) is 155 cm³/mol. The summed E-state index contributed by atoms with van der Waals surface area (Å²) in [5, 5.41) is 3.36. The number of anilines is 2. The van der Waals surface area contributed by atoms with E-state index >= 15 is 0 Å². The lowest BCUT2D eigenvalue weighted by Crippen LogP contribution is -2.47. The molecule has 13 heteroatoms. The van der Waals surface area contributed by atoms with Gasteiger partial charge < -0.3 is 24.8 Å². The molecular formula is C29H39F3N8O2. The minimum absolute atomic E-state index is 0.0271. The smallest absolute Gasteiger partial charge is 0.296 e. The molecule has 0 radical (unpaired) electrons. The SMILES string of the molecule is CN(C)CC(=O)N(CCF)[C@H]1CC[C@H](CNc2nc(N3CCOCC3)cc(-n3c(C(F)F)nc4ccccc43)n2)CC1. The average molecular weight is 589 g/mol. The normalized spacial score (nSPS) is 19.5. The van der Waals surface area contributed by atoms with Crippen LogP contribution in [0.25, 0.3) is 16.9 Å². The van der Waals surface area contributed by atoms with Gasteiger partial charge in [-0.3, -0.25) is 9.36 Å². The summed E-state index contributed by atoms with van der Waals surface area (Å²) in [6.45, 7) is 2.80. The number of imidazole rings is 1. The van der Waals surface area contributed by atoms with E-state index in [9.17, 15) is 18.0 Å². The number of carbonyl (C=O) groups excluding carboxylic acids is 1. The van der Waals surface area contributed by atoms with E-state index in [2.05, 4.69) is 20.2 Å². The molecule has 42 heavy (non-hydrogen) atoms. The molecule has 2 fully saturated rings. The van der Waals surface area contributed by atoms with Crippen molar-refractivity contribution in [3.8, 4) is 5.82 Å². The van der Waals surface area contributed by atoms with Crippen LogP contribution in [-0.4, -0.2) is 108 Å². The molecule has 3 heterocycles. The number of nitrogens with one attached hydrogen (secondary N) is 1. The fraction of sp³-hybridized carbons (Fsp3) is 0.586. The summed E-state index contributed by atoms with van der Waals surface area (Å²) < 4.78 is 48.4. The van der Waals surface area contributed by atoms with E-state index in [4.69, 9.17) is 9.72 Å². The van der Waals surface area contributed by atoms with Crippen molar-refractivity contribution in [2.24, 2.45) is 5.92 Å². The van der Waals surface area contributed by atoms with E-state index in [0.29, 0.717) is 67.4 Å². The molecule has 1 aliphatic heterocycles. The van der Waals surface area contributed by atoms with E-state index < -0.39 is 13.1 Å². The van der Waals surface area contributed by atoms with Crippen LogP contribution in [-0.2, 0) is 9.53 Å². The quantitative estimate of drug-likeness (QED) is 0.361. The lowest BCUT2D eigenvalue weighted by molar-refractivity contribution is -0.135. The zero-order valence-electron chi connectivity index (χ0n) is 24.2. The van der Waals surface area contributed by atoms with Crippen LogP contribution in [0, 0.1) is 5.92 Å². The van der Waals surface area contributed by atoms with Gasteiger partial charge in [-0.15, -0.1) is 0 Å². The van der Waals surface area contributed by atoms with Crippen molar-refractivity contribution in [2.75, 3.05) is 76.9 Å². The Morgan fingerprint density at radius 2 is 1.79 bits per heavy atom. The number of rotatable bonds is 11. The molecule has 0 bridgehead atoms. The summed E-state index contributed by atoms with van der Waals surface area (Å²) in [5.74, 6) is 1.21. The molecule has 1 aromatic carbocycles. The van der Waals surface area contributed by atoms with Gasteiger partial charge in [-0.2, -0.15) is 9.97 Å². The van der Waals surface area contributed by atoms with E-state index in [1.807, 2.05) is 14.1 Å². The number of hydrogen-bond donors (Lipinski definition) is 1. The molecular weight excluding hydrogens is 549 g/mol. The van der Waals surface area contributed by atoms with Crippen LogP contribution in [0.5, 0.6) is 0 Å². The zero-order valence-corrected chi connectivity index (χ0v) is 24.2. The first-order valence-electron chi connectivity index (χ1n) is 14.6. The summed E-state index contributed by atoms with van der Waals surface area (Å²) in [5.41, 5.74) is 1.02. The third-order valence-electron chi connectivity index (χ3n) is 7.95. The maximum Gasteiger partial charge on any atom is 0.296 e. The molecule has 5 rings (SSSR count). The minimum Gasteiger partial charge on any atom is -0.378 e. The number of alkyl halides is 3. The fourth-order valence-corrected chi connectivity index (χ4v) is 5.86. The maximum absolute atomic E-state index is 14.1. The highest BCUT2D eigenvalue weighted by atomic mass is 19.3. The first-order chi connectivity index (χ1) is 20.3. The van der Waals surface area contributed by atoms with Crippen molar-refractivity contribution in [3.05, 3.63) is 36.2 Å². The Hall–Kier alpha value is -3.45. The summed E-state index contributed by atoms with van der Waals surface area (Å²) in [7, 11) is 3.67. The number of nitrogens with zero attached hydrogens (tertiary/aromatic N) is 7. The topological polar surface area (TPSA) is 91.7 Å². The summed E-state index contributed by atoms with van der Waals surface area (Å²) in [4.78, 5) is 31.9. The second-order valence-electron chi connectivity index (χ2n) is 11.2. The molecule has 1 N–H and O–H groups in total. The second kappa shape index (κ2) is 13.7. The molecule has 1 saturated carbocycles. The number of morpholine rings is 1. The van der Waals surface area contributed by atoms with Gasteiger partial charge >= 0.3 is 0 Å². The number of ether oxygens (including phenoxy) is 1. The average Bonchev–Trinajstić information content (AvgIpc) is 3.39. The number of fused-ring (bicyclic) bond motifs is 1. The van der Waals surface area contributed by atoms with Crippen molar-refractivity contribution < 1.29 is 22.7 Å². The number of para-hydroxylation sites is 2. The standard InChI is InChI=1S/C29H39F3N8O2/c1-37(2)19-26(41)39(12-11-30)21-9-7-20(8-10-21)18-33-29-35-24(38-13-15-42-16-14-38)17-25(36-29)40-23-6-4-3-5-22(23)34-28(40)27(31)32/h3-6,17,20-21,27H,7-16,18-19H2,1-2H3,(H,33,35,36)/t20-,21-. The van der Waals surface area contributed by atoms with E-state index in [0.717, 1.165) is 25.7 Å². The van der Waals surface area contributed by atoms with Crippen molar-refractivity contribution in [1.29, 1.82) is 0 Å². The van der Waals surface area contributed by atoms with Crippen LogP contribution in [0.1, 0.15) is 37.9 Å². The Morgan fingerprint density at radius 3 is 2.48 bits per heavy atom. The molecule has 228 valence electrons. The molecule has 10 nitrogen and oxygen atoms in total. The first-order valence-corrected chi connectivity index (χ1v) is 14.6. The van der Waals surface area contributed by atoms with E-state index in [1.165, 1.54) is 4.57 Å². The number of halogens is 3. The molecule has 0 spiro atoms. The summed E-state index contributed by atoms with van der Waals surface area (Å²) in [6, 6.07) is 8.78. The minimum atomic E-state index is -2.78. The number of hydrogen-bond acceptors (Lipinski definition) is 8. The molecule has 0 atom stereocenters. The molecule has 1 saturated heterocycles. The number of aromatic nitrogens is 4. The van der Waals surface area contributed by atoms with Gasteiger partial charge in [0.25, 0.3) is 6.43 Å². The van der Waals surface area contributed by atoms with Crippen LogP contribution in [0.15, 0.2) is 30.3 Å². The summed E-state index contributed by atoms with van der Waals surface area (Å²) in [6.07, 6.45) is 0.544. The Kier molecular flexibility index (Phi) is 9.78. The molecule has 3 aromatic rings. The molecule has 0 unspecified atom stereocenters. The monoisotopic (exact) mass is 588 g/mol. The van der Waals surface area contributed by atoms with Crippen LogP contribution >= 0.6 is 0 Å². The zero-order chi connectivity index (χ0) is 29.6. The molecule has 2 aromatic heterocycles. The van der Waals surface area contributed by atoms with Gasteiger partial charge in [0.05, 0.1) is 30.8 Å². The lowest BCUT2D eigenvalue weighted by atomic mass is 9.85. The van der Waals surface area contributed by atoms with Crippen LogP contribution in [0.3, 0.4) is 0 Å². The lowest BCUT2D eigenvalue weighted by Gasteiger charge is -2.37. The molecule has 1 amide bonds. The van der Waals surface area contributed by atoms with Gasteiger partial charge in [0.1, 0.15) is 18.3 Å². The van der Waals surface area contributed by atoms with Crippen LogP contribution < -0.4 is 10.2 Å². The van der Waals surface area contributed by atoms with Crippen LogP contribution in [0.2, 0.25) is 0 Å². The third-order valence-corrected chi connectivity index (χ3v) is 7.95. The van der Waals surface area contributed by atoms with Crippen molar-refractivity contribution >= 4 is 28.7 Å². The van der Waals surface area contributed by atoms with Crippen molar-refractivity contribution in [2.45, 2.75) is 38.2 Å². The first kappa shape index (κ1) is 30.0. The Bertz CT molecular complexity index is 1340. The van der Waals surface area contributed by atoms with Crippen molar-refractivity contribution in [1.82, 2.24) is 29.3 Å². The maximum atomic E-state index is 14.1. The Labute approximate surface area is 243 Å².